The van der Waals surface area contributed by atoms with E-state index in [9.17, 15) is 9.59 Å². The van der Waals surface area contributed by atoms with Crippen LogP contribution in [0.5, 0.6) is 0 Å². The van der Waals surface area contributed by atoms with E-state index in [0.717, 1.165) is 5.56 Å². The average molecular weight is 262 g/mol. The van der Waals surface area contributed by atoms with Crippen LogP contribution in [0, 0.1) is 0 Å². The number of nitrogens with zero attached hydrogens (tertiary/aromatic N) is 1. The van der Waals surface area contributed by atoms with E-state index in [0.29, 0.717) is 17.8 Å². The third-order valence-electron chi connectivity index (χ3n) is 2.61. The Morgan fingerprint density at radius 2 is 1.79 bits per heavy atom. The minimum atomic E-state index is -0.384. The first kappa shape index (κ1) is 14.9. The summed E-state index contributed by atoms with van der Waals surface area (Å²) in [4.78, 5) is 27.0. The van der Waals surface area contributed by atoms with Crippen LogP contribution >= 0.6 is 0 Å². The number of carbonyl (C=O) groups is 2. The Balaban J connectivity index is 2.83. The minimum Gasteiger partial charge on any atom is -0.465 e. The van der Waals surface area contributed by atoms with Gasteiger partial charge in [0.15, 0.2) is 0 Å². The van der Waals surface area contributed by atoms with Crippen LogP contribution in [0.15, 0.2) is 29.3 Å². The smallest absolute Gasteiger partial charge is 0.337 e. The first-order valence-corrected chi connectivity index (χ1v) is 6.03. The van der Waals surface area contributed by atoms with Crippen molar-refractivity contribution < 1.29 is 14.3 Å². The van der Waals surface area contributed by atoms with Gasteiger partial charge in [-0.25, -0.2) is 4.79 Å². The van der Waals surface area contributed by atoms with Crippen molar-refractivity contribution in [3.8, 4) is 0 Å². The quantitative estimate of drug-likeness (QED) is 0.644. The highest BCUT2D eigenvalue weighted by molar-refractivity contribution is 6.10. The predicted octanol–water partition coefficient (Wildman–Crippen LogP) is 1.42. The number of carbonyl (C=O) groups excluding carboxylic acids is 2. The number of benzene rings is 1. The lowest BCUT2D eigenvalue weighted by atomic mass is 10.0. The van der Waals surface area contributed by atoms with Crippen molar-refractivity contribution in [3.05, 3.63) is 35.4 Å². The molecule has 1 N–H and O–H groups in total. The van der Waals surface area contributed by atoms with Gasteiger partial charge in [0.1, 0.15) is 0 Å². The van der Waals surface area contributed by atoms with Crippen LogP contribution in [0.2, 0.25) is 0 Å². The Kier molecular flexibility index (Phi) is 5.73. The number of rotatable bonds is 5. The fraction of sp³-hybridized carbons (Fsp3) is 0.357. The molecule has 0 atom stereocenters. The second-order valence-corrected chi connectivity index (χ2v) is 3.87. The zero-order chi connectivity index (χ0) is 14.3. The van der Waals surface area contributed by atoms with Gasteiger partial charge in [-0.2, -0.15) is 0 Å². The van der Waals surface area contributed by atoms with E-state index in [4.69, 9.17) is 0 Å². The first-order chi connectivity index (χ1) is 9.12. The first-order valence-electron chi connectivity index (χ1n) is 6.03. The topological polar surface area (TPSA) is 67.8 Å². The lowest BCUT2D eigenvalue weighted by molar-refractivity contribution is -0.119. The van der Waals surface area contributed by atoms with Crippen LogP contribution in [0.3, 0.4) is 0 Å². The number of methoxy groups -OCH3 is 1. The average Bonchev–Trinajstić information content (AvgIpc) is 2.44. The van der Waals surface area contributed by atoms with Crippen molar-refractivity contribution in [2.24, 2.45) is 4.99 Å². The molecular weight excluding hydrogens is 244 g/mol. The Bertz CT molecular complexity index is 478. The SMILES string of the molecule is CCNC(=O)CC(=NC)c1ccc(C(=O)OC)cc1. The van der Waals surface area contributed by atoms with Crippen LogP contribution in [0.25, 0.3) is 0 Å². The number of aliphatic imine (C=N–C) groups is 1. The molecule has 1 amide bonds. The van der Waals surface area contributed by atoms with Crippen LogP contribution in [0.1, 0.15) is 29.3 Å². The largest absolute Gasteiger partial charge is 0.465 e. The molecular formula is C14H18N2O3. The number of ether oxygens (including phenoxy) is 1. The molecule has 0 bridgehead atoms. The maximum Gasteiger partial charge on any atom is 0.337 e. The van der Waals surface area contributed by atoms with Gasteiger partial charge in [-0.3, -0.25) is 9.79 Å². The van der Waals surface area contributed by atoms with Crippen LogP contribution in [0.4, 0.5) is 0 Å². The summed E-state index contributed by atoms with van der Waals surface area (Å²) >= 11 is 0. The highest BCUT2D eigenvalue weighted by Gasteiger charge is 2.10. The molecule has 0 aromatic heterocycles. The fourth-order valence-corrected chi connectivity index (χ4v) is 1.64. The Hall–Kier alpha value is -2.17. The van der Waals surface area contributed by atoms with E-state index in [2.05, 4.69) is 15.0 Å². The lowest BCUT2D eigenvalue weighted by Crippen LogP contribution is -2.25. The molecule has 0 aliphatic rings. The highest BCUT2D eigenvalue weighted by Crippen LogP contribution is 2.09. The molecule has 0 unspecified atom stereocenters. The van der Waals surface area contributed by atoms with Crippen molar-refractivity contribution in [2.75, 3.05) is 20.7 Å². The molecule has 0 aliphatic heterocycles. The van der Waals surface area contributed by atoms with Crippen molar-refractivity contribution in [1.82, 2.24) is 5.32 Å². The summed E-state index contributed by atoms with van der Waals surface area (Å²) in [7, 11) is 2.98. The summed E-state index contributed by atoms with van der Waals surface area (Å²) in [5.41, 5.74) is 1.98. The third kappa shape index (κ3) is 4.21. The van der Waals surface area contributed by atoms with Crippen molar-refractivity contribution in [3.63, 3.8) is 0 Å². The molecule has 5 heteroatoms. The van der Waals surface area contributed by atoms with Gasteiger partial charge in [-0.05, 0) is 24.6 Å². The molecule has 0 fully saturated rings. The van der Waals surface area contributed by atoms with Crippen LogP contribution in [-0.2, 0) is 9.53 Å². The van der Waals surface area contributed by atoms with E-state index in [-0.39, 0.29) is 18.3 Å². The van der Waals surface area contributed by atoms with Crippen LogP contribution in [-0.4, -0.2) is 38.3 Å². The molecule has 1 rings (SSSR count). The summed E-state index contributed by atoms with van der Waals surface area (Å²) in [6.45, 7) is 2.46. The summed E-state index contributed by atoms with van der Waals surface area (Å²) < 4.78 is 4.63. The minimum absolute atomic E-state index is 0.0693. The highest BCUT2D eigenvalue weighted by atomic mass is 16.5. The molecule has 0 radical (unpaired) electrons. The molecule has 0 saturated carbocycles. The van der Waals surface area contributed by atoms with Gasteiger partial charge in [0.05, 0.1) is 24.8 Å². The predicted molar refractivity (Wildman–Crippen MR) is 73.5 cm³/mol. The molecule has 5 nitrogen and oxygen atoms in total. The number of amides is 1. The van der Waals surface area contributed by atoms with Gasteiger partial charge in [0.25, 0.3) is 0 Å². The molecule has 1 aromatic carbocycles. The monoisotopic (exact) mass is 262 g/mol. The van der Waals surface area contributed by atoms with Gasteiger partial charge < -0.3 is 10.1 Å². The van der Waals surface area contributed by atoms with Gasteiger partial charge in [-0.15, -0.1) is 0 Å². The number of nitrogens with one attached hydrogen (secondary N) is 1. The summed E-state index contributed by atoms with van der Waals surface area (Å²) in [6, 6.07) is 6.83. The number of hydrogen-bond donors (Lipinski definition) is 1. The summed E-state index contributed by atoms with van der Waals surface area (Å²) in [5.74, 6) is -0.453. The molecule has 102 valence electrons. The van der Waals surface area contributed by atoms with E-state index in [1.807, 2.05) is 6.92 Å². The molecule has 0 aliphatic carbocycles. The second kappa shape index (κ2) is 7.31. The van der Waals surface area contributed by atoms with E-state index < -0.39 is 0 Å². The van der Waals surface area contributed by atoms with Crippen molar-refractivity contribution >= 4 is 17.6 Å². The van der Waals surface area contributed by atoms with Crippen molar-refractivity contribution in [1.29, 1.82) is 0 Å². The van der Waals surface area contributed by atoms with Gasteiger partial charge in [0.2, 0.25) is 5.91 Å². The maximum atomic E-state index is 11.5. The molecule has 0 saturated heterocycles. The summed E-state index contributed by atoms with van der Waals surface area (Å²) in [6.07, 6.45) is 0.224. The summed E-state index contributed by atoms with van der Waals surface area (Å²) in [5, 5.41) is 2.72. The maximum absolute atomic E-state index is 11.5. The molecule has 1 aromatic rings. The molecule has 19 heavy (non-hydrogen) atoms. The fourth-order valence-electron chi connectivity index (χ4n) is 1.64. The van der Waals surface area contributed by atoms with Gasteiger partial charge >= 0.3 is 5.97 Å². The van der Waals surface area contributed by atoms with E-state index in [1.165, 1.54) is 7.11 Å². The zero-order valence-corrected chi connectivity index (χ0v) is 11.4. The second-order valence-electron chi connectivity index (χ2n) is 3.87. The Labute approximate surface area is 112 Å². The van der Waals surface area contributed by atoms with E-state index >= 15 is 0 Å². The standard InChI is InChI=1S/C14H18N2O3/c1-4-16-13(17)9-12(15-2)10-5-7-11(8-6-10)14(18)19-3/h5-8H,4,9H2,1-3H3,(H,16,17). The van der Waals surface area contributed by atoms with Gasteiger partial charge in [-0.1, -0.05) is 12.1 Å². The Morgan fingerprint density at radius 3 is 2.26 bits per heavy atom. The Morgan fingerprint density at radius 1 is 1.21 bits per heavy atom. The van der Waals surface area contributed by atoms with Crippen LogP contribution < -0.4 is 5.32 Å². The van der Waals surface area contributed by atoms with Crippen molar-refractivity contribution in [2.45, 2.75) is 13.3 Å². The molecule has 0 heterocycles. The normalized spacial score (nSPS) is 11.0. The van der Waals surface area contributed by atoms with Gasteiger partial charge in [0, 0.05) is 13.6 Å². The van der Waals surface area contributed by atoms with E-state index in [1.54, 1.807) is 31.3 Å². The lowest BCUT2D eigenvalue weighted by Gasteiger charge is -2.07. The third-order valence-corrected chi connectivity index (χ3v) is 2.61. The number of esters is 1. The zero-order valence-electron chi connectivity index (χ0n) is 11.4. The number of hydrogen-bond acceptors (Lipinski definition) is 4. The molecule has 0 spiro atoms.